The van der Waals surface area contributed by atoms with Gasteiger partial charge in [0.2, 0.25) is 0 Å². The molecule has 0 aliphatic rings. The number of halogens is 1. The van der Waals surface area contributed by atoms with Crippen LogP contribution < -0.4 is 5.32 Å². The molecule has 1 rings (SSSR count). The van der Waals surface area contributed by atoms with Crippen LogP contribution in [-0.2, 0) is 11.2 Å². The molecule has 0 aromatic heterocycles. The molecule has 1 aromatic rings. The molecule has 1 unspecified atom stereocenters. The number of carbonyl (C=O) groups is 1. The predicted octanol–water partition coefficient (Wildman–Crippen LogP) is 3.51. The first-order chi connectivity index (χ1) is 9.11. The molecule has 0 radical (unpaired) electrons. The Bertz CT molecular complexity index is 378. The molecule has 1 atom stereocenters. The fraction of sp³-hybridized carbons (Fsp3) is 0.533. The highest BCUT2D eigenvalue weighted by Crippen LogP contribution is 2.12. The predicted molar refractivity (Wildman–Crippen MR) is 78.7 cm³/mol. The van der Waals surface area contributed by atoms with E-state index in [9.17, 15) is 4.79 Å². The summed E-state index contributed by atoms with van der Waals surface area (Å²) in [6.45, 7) is 3.03. The molecule has 19 heavy (non-hydrogen) atoms. The van der Waals surface area contributed by atoms with E-state index in [1.165, 1.54) is 12.8 Å². The lowest BCUT2D eigenvalue weighted by Crippen LogP contribution is -2.34. The second kappa shape index (κ2) is 8.94. The Morgan fingerprint density at radius 3 is 2.58 bits per heavy atom. The minimum atomic E-state index is -0.762. The lowest BCUT2D eigenvalue weighted by molar-refractivity contribution is -0.137. The molecule has 2 N–H and O–H groups in total. The summed E-state index contributed by atoms with van der Waals surface area (Å²) in [5.41, 5.74) is 1.11. The van der Waals surface area contributed by atoms with Crippen LogP contribution in [0.15, 0.2) is 24.3 Å². The van der Waals surface area contributed by atoms with E-state index in [0.717, 1.165) is 24.9 Å². The van der Waals surface area contributed by atoms with Crippen LogP contribution in [0.25, 0.3) is 0 Å². The van der Waals surface area contributed by atoms with Crippen LogP contribution in [0, 0.1) is 0 Å². The van der Waals surface area contributed by atoms with Crippen LogP contribution in [0.4, 0.5) is 0 Å². The van der Waals surface area contributed by atoms with Crippen LogP contribution in [0.1, 0.15) is 38.2 Å². The minimum Gasteiger partial charge on any atom is -0.481 e. The molecule has 0 spiro atoms. The van der Waals surface area contributed by atoms with Gasteiger partial charge in [0.1, 0.15) is 0 Å². The normalized spacial score (nSPS) is 12.3. The third kappa shape index (κ3) is 7.19. The Morgan fingerprint density at radius 2 is 2.00 bits per heavy atom. The monoisotopic (exact) mass is 283 g/mol. The van der Waals surface area contributed by atoms with Gasteiger partial charge < -0.3 is 10.4 Å². The Labute approximate surface area is 120 Å². The van der Waals surface area contributed by atoms with Crippen LogP contribution in [0.5, 0.6) is 0 Å². The maximum atomic E-state index is 10.9. The number of aliphatic carboxylic acids is 1. The second-order valence-corrected chi connectivity index (χ2v) is 5.22. The molecule has 3 nitrogen and oxygen atoms in total. The summed E-state index contributed by atoms with van der Waals surface area (Å²) in [4.78, 5) is 10.9. The number of hydrogen-bond acceptors (Lipinski definition) is 2. The first kappa shape index (κ1) is 16.0. The van der Waals surface area contributed by atoms with Crippen molar-refractivity contribution in [3.63, 3.8) is 0 Å². The maximum absolute atomic E-state index is 10.9. The first-order valence-electron chi connectivity index (χ1n) is 6.81. The van der Waals surface area contributed by atoms with Gasteiger partial charge in [-0.1, -0.05) is 43.5 Å². The molecule has 106 valence electrons. The fourth-order valence-corrected chi connectivity index (χ4v) is 2.14. The molecule has 4 heteroatoms. The van der Waals surface area contributed by atoms with Crippen molar-refractivity contribution in [2.75, 3.05) is 6.54 Å². The van der Waals surface area contributed by atoms with Gasteiger partial charge in [0, 0.05) is 11.1 Å². The summed E-state index contributed by atoms with van der Waals surface area (Å²) in [6, 6.07) is 7.56. The average molecular weight is 284 g/mol. The van der Waals surface area contributed by atoms with Gasteiger partial charge in [-0.25, -0.2) is 0 Å². The summed E-state index contributed by atoms with van der Waals surface area (Å²) in [5.74, 6) is -0.762. The molecule has 1 aromatic carbocycles. The summed E-state index contributed by atoms with van der Waals surface area (Å²) in [5, 5.41) is 13.0. The van der Waals surface area contributed by atoms with Crippen LogP contribution in [-0.4, -0.2) is 23.7 Å². The van der Waals surface area contributed by atoms with Crippen LogP contribution >= 0.6 is 11.6 Å². The van der Waals surface area contributed by atoms with Crippen molar-refractivity contribution < 1.29 is 9.90 Å². The topological polar surface area (TPSA) is 49.3 Å². The molecular formula is C15H22ClNO2. The molecule has 0 aliphatic heterocycles. The van der Waals surface area contributed by atoms with Crippen molar-refractivity contribution in [1.29, 1.82) is 0 Å². The Morgan fingerprint density at radius 1 is 1.32 bits per heavy atom. The number of hydrogen-bond donors (Lipinski definition) is 2. The Kier molecular flexibility index (Phi) is 7.53. The van der Waals surface area contributed by atoms with Crippen LogP contribution in [0.3, 0.4) is 0 Å². The van der Waals surface area contributed by atoms with Crippen LogP contribution in [0.2, 0.25) is 5.02 Å². The lowest BCUT2D eigenvalue weighted by atomic mass is 10.0. The number of carboxylic acids is 1. The highest BCUT2D eigenvalue weighted by atomic mass is 35.5. The smallest absolute Gasteiger partial charge is 0.304 e. The van der Waals surface area contributed by atoms with Crippen molar-refractivity contribution in [2.24, 2.45) is 0 Å². The average Bonchev–Trinajstić information content (AvgIpc) is 2.36. The van der Waals surface area contributed by atoms with E-state index in [-0.39, 0.29) is 12.5 Å². The molecule has 0 saturated carbocycles. The minimum absolute atomic E-state index is 0.0180. The van der Waals surface area contributed by atoms with Crippen molar-refractivity contribution in [2.45, 2.75) is 45.1 Å². The Balaban J connectivity index is 2.48. The van der Waals surface area contributed by atoms with Crippen molar-refractivity contribution in [1.82, 2.24) is 5.32 Å². The fourth-order valence-electron chi connectivity index (χ4n) is 2.01. The van der Waals surface area contributed by atoms with E-state index >= 15 is 0 Å². The SMILES string of the molecule is CCCCCNC(CC(=O)O)Cc1ccc(Cl)cc1. The largest absolute Gasteiger partial charge is 0.481 e. The van der Waals surface area contributed by atoms with E-state index in [4.69, 9.17) is 16.7 Å². The lowest BCUT2D eigenvalue weighted by Gasteiger charge is -2.17. The molecule has 0 fully saturated rings. The number of benzene rings is 1. The summed E-state index contributed by atoms with van der Waals surface area (Å²) >= 11 is 5.84. The zero-order valence-electron chi connectivity index (χ0n) is 11.4. The summed E-state index contributed by atoms with van der Waals surface area (Å²) in [6.07, 6.45) is 4.30. The maximum Gasteiger partial charge on any atom is 0.304 e. The quantitative estimate of drug-likeness (QED) is 0.682. The molecule has 0 bridgehead atoms. The Hall–Kier alpha value is -1.06. The summed E-state index contributed by atoms with van der Waals surface area (Å²) < 4.78 is 0. The zero-order chi connectivity index (χ0) is 14.1. The van der Waals surface area contributed by atoms with Crippen molar-refractivity contribution >= 4 is 17.6 Å². The van der Waals surface area contributed by atoms with E-state index in [0.29, 0.717) is 5.02 Å². The van der Waals surface area contributed by atoms with Gasteiger partial charge in [-0.2, -0.15) is 0 Å². The van der Waals surface area contributed by atoms with Gasteiger partial charge in [0.15, 0.2) is 0 Å². The van der Waals surface area contributed by atoms with Crippen molar-refractivity contribution in [3.05, 3.63) is 34.9 Å². The van der Waals surface area contributed by atoms with Gasteiger partial charge in [0.25, 0.3) is 0 Å². The molecule has 0 aliphatic carbocycles. The van der Waals surface area contributed by atoms with Crippen molar-refractivity contribution in [3.8, 4) is 0 Å². The van der Waals surface area contributed by atoms with E-state index in [1.54, 1.807) is 0 Å². The highest BCUT2D eigenvalue weighted by Gasteiger charge is 2.13. The van der Waals surface area contributed by atoms with E-state index < -0.39 is 5.97 Å². The molecular weight excluding hydrogens is 262 g/mol. The van der Waals surface area contributed by atoms with E-state index in [1.807, 2.05) is 24.3 Å². The number of rotatable bonds is 9. The zero-order valence-corrected chi connectivity index (χ0v) is 12.1. The van der Waals surface area contributed by atoms with Gasteiger partial charge in [0.05, 0.1) is 6.42 Å². The molecule has 0 heterocycles. The molecule has 0 amide bonds. The third-order valence-corrected chi connectivity index (χ3v) is 3.28. The second-order valence-electron chi connectivity index (χ2n) is 4.79. The van der Waals surface area contributed by atoms with Gasteiger partial charge in [-0.3, -0.25) is 4.79 Å². The summed E-state index contributed by atoms with van der Waals surface area (Å²) in [7, 11) is 0. The highest BCUT2D eigenvalue weighted by molar-refractivity contribution is 6.30. The standard InChI is InChI=1S/C15H22ClNO2/c1-2-3-4-9-17-14(11-15(18)19)10-12-5-7-13(16)8-6-12/h5-8,14,17H,2-4,9-11H2,1H3,(H,18,19). The van der Waals surface area contributed by atoms with Gasteiger partial charge in [-0.15, -0.1) is 0 Å². The number of unbranched alkanes of at least 4 members (excludes halogenated alkanes) is 2. The number of carboxylic acid groups (broad SMARTS) is 1. The number of nitrogens with one attached hydrogen (secondary N) is 1. The van der Waals surface area contributed by atoms with Gasteiger partial charge in [-0.05, 0) is 37.1 Å². The van der Waals surface area contributed by atoms with E-state index in [2.05, 4.69) is 12.2 Å². The first-order valence-corrected chi connectivity index (χ1v) is 7.19. The third-order valence-electron chi connectivity index (χ3n) is 3.03. The molecule has 0 saturated heterocycles. The van der Waals surface area contributed by atoms with Gasteiger partial charge >= 0.3 is 5.97 Å².